The van der Waals surface area contributed by atoms with Crippen molar-refractivity contribution in [1.29, 1.82) is 0 Å². The van der Waals surface area contributed by atoms with Gasteiger partial charge in [0.05, 0.1) is 52.9 Å². The highest BCUT2D eigenvalue weighted by Crippen LogP contribution is 2.45. The number of carbonyl (C=O) groups excluding carboxylic acids is 6. The molecule has 0 aliphatic heterocycles. The molecule has 0 saturated heterocycles. The third-order valence-electron chi connectivity index (χ3n) is 26.0. The molecular formula is C124H162N12O14. The summed E-state index contributed by atoms with van der Waals surface area (Å²) in [5, 5.41) is 25.9. The third-order valence-corrected chi connectivity index (χ3v) is 26.0. The van der Waals surface area contributed by atoms with Crippen LogP contribution in [0, 0.1) is 96.9 Å². The van der Waals surface area contributed by atoms with E-state index in [1.54, 1.807) is 71.7 Å². The van der Waals surface area contributed by atoms with Crippen molar-refractivity contribution < 1.29 is 67.0 Å². The van der Waals surface area contributed by atoms with Crippen LogP contribution in [0.4, 0.5) is 62.9 Å². The van der Waals surface area contributed by atoms with Gasteiger partial charge in [-0.2, -0.15) is 0 Å². The molecule has 1 fully saturated rings. The molecule has 12 amide bonds. The van der Waals surface area contributed by atoms with Crippen LogP contribution in [-0.2, 0) is 52.7 Å². The van der Waals surface area contributed by atoms with Crippen LogP contribution < -0.4 is 94.5 Å². The van der Waals surface area contributed by atoms with Gasteiger partial charge in [-0.15, -0.1) is 0 Å². The van der Waals surface area contributed by atoms with E-state index in [0.29, 0.717) is 84.8 Å². The average Bonchev–Trinajstić information content (AvgIpc) is 1.63. The highest BCUT2D eigenvalue weighted by molar-refractivity contribution is 5.97. The van der Waals surface area contributed by atoms with Crippen molar-refractivity contribution >= 4 is 70.3 Å². The largest absolute Gasteiger partial charge is 0.493 e. The van der Waals surface area contributed by atoms with Crippen LogP contribution in [-0.4, -0.2) is 129 Å². The molecule has 1 aliphatic carbocycles. The van der Waals surface area contributed by atoms with E-state index in [2.05, 4.69) is 154 Å². The fraction of sp³-hybridized carbons (Fsp3) is 0.371. The minimum Gasteiger partial charge on any atom is -0.493 e. The monoisotopic (exact) mass is 2040 g/mol. The molecular weight excluding hydrogens is 1880 g/mol. The summed E-state index contributed by atoms with van der Waals surface area (Å²) < 4.78 is 42.3. The Balaban J connectivity index is 0.000000219. The Morgan fingerprint density at radius 1 is 0.253 bits per heavy atom. The standard InChI is InChI=1S/C22H28N2O2.C21H28N2O3.C21H28N2O2.C20H26N2O3.2C20H26N2O2/c1-5-24(22(25)23-4)20-8-6-7-18(17-10-11-17)19(20)14-26-21-12-9-15(2)13-16(21)3;1-6-23(21(24)22-5)18-9-8-10-20(25-7-2)17(18)14-26-19-12-11-15(3)13-16(19)4;1-6-17-9-8-10-19(23(7-2)21(24)22-5)18(17)14-25-20-12-11-15(3)13-16(20)4;1-5-22(20(24)21-4)18-8-6-7-16(12-23)17(18)13-25-19-10-9-14(2)11-15(19)3;2*1-6-22(20(23)21-5)18-9-7-8-15(3)17(18)13-24-19-11-10-14(2)12-16(19)4/h6-9,12-13,17H,5,10-11,14H2,1-4H3,(H,23,25);8-13H,6-7,14H2,1-5H3,(H,22,24);8-13H,6-7,14H2,1-5H3,(H,22,24);6-11,23H,5,12-13H2,1-4H3,(H,21,24);2*7-12H,6,13H2,1-5H3,(H,21,23). The molecule has 1 aliphatic rings. The first-order valence-electron chi connectivity index (χ1n) is 52.1. The fourth-order valence-corrected chi connectivity index (χ4v) is 17.9. The summed E-state index contributed by atoms with van der Waals surface area (Å²) in [4.78, 5) is 83.6. The van der Waals surface area contributed by atoms with Gasteiger partial charge in [0.2, 0.25) is 0 Å². The lowest BCUT2D eigenvalue weighted by Crippen LogP contribution is -2.38. The normalized spacial score (nSPS) is 10.9. The number of rotatable bonds is 35. The minimum absolute atomic E-state index is 0.0896. The highest BCUT2D eigenvalue weighted by atomic mass is 16.5. The maximum Gasteiger partial charge on any atom is 0.321 e. The van der Waals surface area contributed by atoms with E-state index in [-0.39, 0.29) is 49.4 Å². The van der Waals surface area contributed by atoms with Crippen molar-refractivity contribution in [3.8, 4) is 40.2 Å². The van der Waals surface area contributed by atoms with Gasteiger partial charge in [0.25, 0.3) is 0 Å². The van der Waals surface area contributed by atoms with Crippen molar-refractivity contribution in [3.05, 3.63) is 346 Å². The number of ether oxygens (including phenoxy) is 7. The Kier molecular flexibility index (Phi) is 48.3. The molecule has 1 saturated carbocycles. The van der Waals surface area contributed by atoms with E-state index in [1.807, 2.05) is 249 Å². The van der Waals surface area contributed by atoms with Crippen molar-refractivity contribution in [2.75, 3.05) is 118 Å². The number of hydrogen-bond donors (Lipinski definition) is 7. The second-order valence-electron chi connectivity index (χ2n) is 36.9. The SMILES string of the molecule is CCN(C(=O)NC)c1cccc(C)c1COc1ccc(C)cc1C.CCN(C(=O)NC)c1cccc(C)c1COc1ccc(C)cc1C.CCN(C(=O)NC)c1cccc(C2CC2)c1COc1ccc(C)cc1C.CCN(C(=O)NC)c1cccc(CO)c1COc1ccc(C)cc1C.CCOc1cccc(N(CC)C(=O)NC)c1COc1ccc(C)cc1C.CCc1cccc(N(CC)C(=O)NC)c1COc1ccc(C)cc1C. The van der Waals surface area contributed by atoms with Crippen molar-refractivity contribution in [2.24, 2.45) is 0 Å². The molecule has 0 heterocycles. The van der Waals surface area contributed by atoms with Gasteiger partial charge < -0.3 is 70.2 Å². The van der Waals surface area contributed by atoms with Crippen molar-refractivity contribution in [2.45, 2.75) is 224 Å². The average molecular weight is 2040 g/mol. The second kappa shape index (κ2) is 60.3. The van der Waals surface area contributed by atoms with Crippen LogP contribution in [0.2, 0.25) is 0 Å². The number of anilines is 6. The predicted octanol–water partition coefficient (Wildman–Crippen LogP) is 26.2. The van der Waals surface area contributed by atoms with Crippen LogP contribution in [0.15, 0.2) is 218 Å². The van der Waals surface area contributed by atoms with Gasteiger partial charge in [-0.05, 0) is 311 Å². The number of nitrogens with zero attached hydrogens (tertiary/aromatic N) is 6. The first kappa shape index (κ1) is 120. The number of amides is 12. The Hall–Kier alpha value is -15.2. The van der Waals surface area contributed by atoms with Crippen LogP contribution >= 0.6 is 0 Å². The summed E-state index contributed by atoms with van der Waals surface area (Å²) in [5.74, 6) is 6.48. The lowest BCUT2D eigenvalue weighted by atomic mass is 10.0. The maximum absolute atomic E-state index is 12.3. The van der Waals surface area contributed by atoms with Crippen LogP contribution in [0.3, 0.4) is 0 Å². The fourth-order valence-electron chi connectivity index (χ4n) is 17.9. The van der Waals surface area contributed by atoms with Gasteiger partial charge >= 0.3 is 36.2 Å². The third kappa shape index (κ3) is 33.4. The first-order chi connectivity index (χ1) is 72.0. The maximum atomic E-state index is 12.3. The number of hydrogen-bond acceptors (Lipinski definition) is 14. The topological polar surface area (TPSA) is 279 Å². The molecule has 0 unspecified atom stereocenters. The smallest absolute Gasteiger partial charge is 0.321 e. The number of benzene rings is 12. The quantitative estimate of drug-likeness (QED) is 0.0195. The predicted molar refractivity (Wildman–Crippen MR) is 613 cm³/mol. The number of nitrogens with one attached hydrogen (secondary N) is 6. The zero-order chi connectivity index (χ0) is 110. The summed E-state index contributed by atoms with van der Waals surface area (Å²) >= 11 is 0. The van der Waals surface area contributed by atoms with Crippen molar-refractivity contribution in [3.63, 3.8) is 0 Å². The second-order valence-corrected chi connectivity index (χ2v) is 36.9. The van der Waals surface area contributed by atoms with E-state index in [0.717, 1.165) is 164 Å². The van der Waals surface area contributed by atoms with Gasteiger partial charge in [-0.3, -0.25) is 29.4 Å². The molecule has 0 spiro atoms. The molecule has 0 radical (unpaired) electrons. The molecule has 26 heteroatoms. The van der Waals surface area contributed by atoms with Crippen LogP contribution in [0.25, 0.3) is 0 Å². The molecule has 26 nitrogen and oxygen atoms in total. The summed E-state index contributed by atoms with van der Waals surface area (Å²) in [6.07, 6.45) is 3.32. The summed E-state index contributed by atoms with van der Waals surface area (Å²) in [6.45, 7) is 50.8. The molecule has 13 rings (SSSR count). The molecule has 802 valence electrons. The molecule has 0 aromatic heterocycles. The number of aryl methyl sites for hydroxylation is 15. The summed E-state index contributed by atoms with van der Waals surface area (Å²) in [5.41, 5.74) is 30.5. The van der Waals surface area contributed by atoms with Crippen LogP contribution in [0.5, 0.6) is 40.2 Å². The Labute approximate surface area is 891 Å². The zero-order valence-electron chi connectivity index (χ0n) is 93.8. The number of aliphatic hydroxyl groups is 1. The Morgan fingerprint density at radius 3 is 0.733 bits per heavy atom. The van der Waals surface area contributed by atoms with E-state index in [1.165, 1.54) is 57.3 Å². The molecule has 12 aromatic rings. The van der Waals surface area contributed by atoms with E-state index >= 15 is 0 Å². The van der Waals surface area contributed by atoms with Crippen molar-refractivity contribution in [1.82, 2.24) is 31.9 Å². The number of aliphatic hydroxyl groups excluding tert-OH is 1. The molecule has 12 aromatic carbocycles. The van der Waals surface area contributed by atoms with Crippen LogP contribution in [0.1, 0.15) is 202 Å². The van der Waals surface area contributed by atoms with E-state index in [4.69, 9.17) is 33.2 Å². The molecule has 0 bridgehead atoms. The highest BCUT2D eigenvalue weighted by Gasteiger charge is 2.31. The minimum atomic E-state index is -0.189. The van der Waals surface area contributed by atoms with Gasteiger partial charge in [-0.25, -0.2) is 28.8 Å². The lowest BCUT2D eigenvalue weighted by Gasteiger charge is -2.25. The molecule has 0 atom stereocenters. The van der Waals surface area contributed by atoms with Gasteiger partial charge in [0, 0.05) is 109 Å². The van der Waals surface area contributed by atoms with E-state index in [9.17, 15) is 33.9 Å². The molecule has 150 heavy (non-hydrogen) atoms. The Bertz CT molecular complexity index is 6220. The van der Waals surface area contributed by atoms with Gasteiger partial charge in [-0.1, -0.05) is 180 Å². The van der Waals surface area contributed by atoms with E-state index < -0.39 is 0 Å². The first-order valence-corrected chi connectivity index (χ1v) is 52.1. The summed E-state index contributed by atoms with van der Waals surface area (Å²) in [7, 11) is 9.84. The zero-order valence-corrected chi connectivity index (χ0v) is 93.8. The number of carbonyl (C=O) groups is 6. The lowest BCUT2D eigenvalue weighted by molar-refractivity contribution is 0.247. The van der Waals surface area contributed by atoms with Gasteiger partial charge in [0.1, 0.15) is 79.9 Å². The van der Waals surface area contributed by atoms with Gasteiger partial charge in [0.15, 0.2) is 0 Å². The summed E-state index contributed by atoms with van der Waals surface area (Å²) in [6, 6.07) is 71.6. The molecule has 7 N–H and O–H groups in total. The Morgan fingerprint density at radius 2 is 0.480 bits per heavy atom. The number of urea groups is 6.